The number of benzene rings is 1. The molecule has 0 aromatic heterocycles. The Morgan fingerprint density at radius 2 is 1.95 bits per heavy atom. The fourth-order valence-electron chi connectivity index (χ4n) is 2.56. The van der Waals surface area contributed by atoms with Crippen LogP contribution in [-0.2, 0) is 0 Å². The van der Waals surface area contributed by atoms with E-state index in [9.17, 15) is 22.4 Å². The molecule has 2 aliphatic carbocycles. The van der Waals surface area contributed by atoms with Gasteiger partial charge in [0.05, 0.1) is 5.56 Å². The quantitative estimate of drug-likeness (QED) is 0.585. The molecule has 3 rings (SSSR count). The molecule has 0 unspecified atom stereocenters. The number of hydrogen-bond donors (Lipinski definition) is 0. The van der Waals surface area contributed by atoms with Crippen LogP contribution in [0.4, 0.5) is 17.6 Å². The number of ketones is 1. The molecule has 0 saturated heterocycles. The molecule has 6 heteroatoms. The van der Waals surface area contributed by atoms with Crippen LogP contribution in [0.25, 0.3) is 0 Å². The fraction of sp³-hybridized carbons (Fsp3) is 0.562. The average Bonchev–Trinajstić information content (AvgIpc) is 3.27. The molecule has 2 nitrogen and oxygen atoms in total. The van der Waals surface area contributed by atoms with Crippen molar-refractivity contribution in [3.05, 3.63) is 29.1 Å². The van der Waals surface area contributed by atoms with Crippen molar-refractivity contribution in [3.63, 3.8) is 0 Å². The molecular weight excluding hydrogens is 300 g/mol. The van der Waals surface area contributed by atoms with E-state index in [1.807, 2.05) is 0 Å². The Morgan fingerprint density at radius 3 is 2.41 bits per heavy atom. The molecule has 0 spiro atoms. The van der Waals surface area contributed by atoms with Gasteiger partial charge in [-0.3, -0.25) is 4.79 Å². The van der Waals surface area contributed by atoms with Gasteiger partial charge < -0.3 is 4.74 Å². The zero-order valence-corrected chi connectivity index (χ0v) is 12.1. The van der Waals surface area contributed by atoms with Crippen molar-refractivity contribution in [2.24, 2.45) is 5.41 Å². The highest BCUT2D eigenvalue weighted by Crippen LogP contribution is 2.58. The molecule has 22 heavy (non-hydrogen) atoms. The standard InChI is InChI=1S/C16H16F4O2/c1-9(21)11-6-12(10-2-3-10)14(7-13(11)17)22-8-15(4-5-15)16(18,19)20/h6-7,10H,2-5,8H2,1H3. The highest BCUT2D eigenvalue weighted by Gasteiger charge is 2.64. The number of alkyl halides is 3. The van der Waals surface area contributed by atoms with E-state index in [1.165, 1.54) is 13.0 Å². The maximum Gasteiger partial charge on any atom is 0.397 e. The lowest BCUT2D eigenvalue weighted by molar-refractivity contribution is -0.194. The molecule has 0 atom stereocenters. The van der Waals surface area contributed by atoms with Crippen molar-refractivity contribution in [2.45, 2.75) is 44.7 Å². The minimum Gasteiger partial charge on any atom is -0.492 e. The smallest absolute Gasteiger partial charge is 0.397 e. The minimum atomic E-state index is -4.30. The van der Waals surface area contributed by atoms with Crippen molar-refractivity contribution < 1.29 is 27.1 Å². The van der Waals surface area contributed by atoms with Gasteiger partial charge in [-0.1, -0.05) is 0 Å². The largest absolute Gasteiger partial charge is 0.492 e. The first-order chi connectivity index (χ1) is 10.2. The summed E-state index contributed by atoms with van der Waals surface area (Å²) in [6.07, 6.45) is -2.45. The molecule has 0 bridgehead atoms. The Labute approximate surface area is 125 Å². The van der Waals surface area contributed by atoms with Crippen LogP contribution in [0.2, 0.25) is 0 Å². The van der Waals surface area contributed by atoms with E-state index in [0.29, 0.717) is 5.56 Å². The van der Waals surface area contributed by atoms with E-state index in [1.54, 1.807) is 0 Å². The third-order valence-electron chi connectivity index (χ3n) is 4.45. The van der Waals surface area contributed by atoms with Gasteiger partial charge in [-0.25, -0.2) is 4.39 Å². The molecule has 2 saturated carbocycles. The number of rotatable bonds is 5. The summed E-state index contributed by atoms with van der Waals surface area (Å²) in [5, 5.41) is 0. The second-order valence-electron chi connectivity index (χ2n) is 6.27. The van der Waals surface area contributed by atoms with Gasteiger partial charge in [0.25, 0.3) is 0 Å². The first-order valence-electron chi connectivity index (χ1n) is 7.27. The maximum absolute atomic E-state index is 13.9. The van der Waals surface area contributed by atoms with Gasteiger partial charge in [-0.2, -0.15) is 13.2 Å². The van der Waals surface area contributed by atoms with Gasteiger partial charge in [0, 0.05) is 6.07 Å². The molecule has 0 heterocycles. The van der Waals surface area contributed by atoms with Crippen LogP contribution in [-0.4, -0.2) is 18.6 Å². The van der Waals surface area contributed by atoms with Crippen molar-refractivity contribution in [1.82, 2.24) is 0 Å². The summed E-state index contributed by atoms with van der Waals surface area (Å²) in [4.78, 5) is 11.4. The van der Waals surface area contributed by atoms with Crippen LogP contribution < -0.4 is 4.74 Å². The Hall–Kier alpha value is -1.59. The lowest BCUT2D eigenvalue weighted by Crippen LogP contribution is -2.30. The van der Waals surface area contributed by atoms with E-state index >= 15 is 0 Å². The molecule has 0 radical (unpaired) electrons. The number of hydrogen-bond acceptors (Lipinski definition) is 2. The van der Waals surface area contributed by atoms with Crippen molar-refractivity contribution in [3.8, 4) is 5.75 Å². The SMILES string of the molecule is CC(=O)c1cc(C2CC2)c(OCC2(C(F)(F)F)CC2)cc1F. The van der Waals surface area contributed by atoms with Crippen LogP contribution in [0.3, 0.4) is 0 Å². The topological polar surface area (TPSA) is 26.3 Å². The van der Waals surface area contributed by atoms with Gasteiger partial charge >= 0.3 is 6.18 Å². The molecule has 1 aromatic rings. The molecule has 1 aromatic carbocycles. The number of ether oxygens (including phenoxy) is 1. The van der Waals surface area contributed by atoms with E-state index in [-0.39, 0.29) is 30.1 Å². The summed E-state index contributed by atoms with van der Waals surface area (Å²) in [5.41, 5.74) is -1.18. The highest BCUT2D eigenvalue weighted by atomic mass is 19.4. The van der Waals surface area contributed by atoms with E-state index in [4.69, 9.17) is 4.74 Å². The van der Waals surface area contributed by atoms with Crippen LogP contribution >= 0.6 is 0 Å². The second-order valence-corrected chi connectivity index (χ2v) is 6.27. The zero-order valence-electron chi connectivity index (χ0n) is 12.1. The van der Waals surface area contributed by atoms with Crippen LogP contribution in [0.5, 0.6) is 5.75 Å². The van der Waals surface area contributed by atoms with E-state index < -0.39 is 29.8 Å². The van der Waals surface area contributed by atoms with E-state index in [0.717, 1.165) is 18.9 Å². The van der Waals surface area contributed by atoms with Crippen molar-refractivity contribution in [1.29, 1.82) is 0 Å². The fourth-order valence-corrected chi connectivity index (χ4v) is 2.56. The Kier molecular flexibility index (Phi) is 3.45. The molecule has 2 aliphatic rings. The summed E-state index contributed by atoms with van der Waals surface area (Å²) >= 11 is 0. The third kappa shape index (κ3) is 2.71. The summed E-state index contributed by atoms with van der Waals surface area (Å²) in [6, 6.07) is 2.48. The summed E-state index contributed by atoms with van der Waals surface area (Å²) < 4.78 is 58.0. The normalized spacial score (nSPS) is 19.9. The molecule has 2 fully saturated rings. The van der Waals surface area contributed by atoms with Gasteiger partial charge in [-0.05, 0) is 50.2 Å². The number of Topliss-reactive ketones (excluding diaryl/α,β-unsaturated/α-hetero) is 1. The summed E-state index contributed by atoms with van der Waals surface area (Å²) in [6.45, 7) is 0.771. The van der Waals surface area contributed by atoms with Crippen molar-refractivity contribution >= 4 is 5.78 Å². The third-order valence-corrected chi connectivity index (χ3v) is 4.45. The Morgan fingerprint density at radius 1 is 1.32 bits per heavy atom. The van der Waals surface area contributed by atoms with Gasteiger partial charge in [-0.15, -0.1) is 0 Å². The molecule has 0 N–H and O–H groups in total. The molecular formula is C16H16F4O2. The van der Waals surface area contributed by atoms with Crippen LogP contribution in [0, 0.1) is 11.2 Å². The number of carbonyl (C=O) groups excluding carboxylic acids is 1. The first-order valence-corrected chi connectivity index (χ1v) is 7.27. The van der Waals surface area contributed by atoms with Gasteiger partial charge in [0.2, 0.25) is 0 Å². The van der Waals surface area contributed by atoms with Gasteiger partial charge in [0.1, 0.15) is 23.6 Å². The van der Waals surface area contributed by atoms with Crippen LogP contribution in [0.15, 0.2) is 12.1 Å². The molecule has 0 amide bonds. The lowest BCUT2D eigenvalue weighted by Gasteiger charge is -2.21. The molecule has 120 valence electrons. The average molecular weight is 316 g/mol. The second kappa shape index (κ2) is 4.96. The summed E-state index contributed by atoms with van der Waals surface area (Å²) in [7, 11) is 0. The highest BCUT2D eigenvalue weighted by molar-refractivity contribution is 5.94. The predicted molar refractivity (Wildman–Crippen MR) is 71.6 cm³/mol. The van der Waals surface area contributed by atoms with Gasteiger partial charge in [0.15, 0.2) is 5.78 Å². The molecule has 0 aliphatic heterocycles. The maximum atomic E-state index is 13.9. The Balaban J connectivity index is 1.84. The summed E-state index contributed by atoms with van der Waals surface area (Å²) in [5.74, 6) is -0.862. The van der Waals surface area contributed by atoms with E-state index in [2.05, 4.69) is 0 Å². The number of halogens is 4. The minimum absolute atomic E-state index is 0.0359. The first kappa shape index (κ1) is 15.3. The van der Waals surface area contributed by atoms with Crippen molar-refractivity contribution in [2.75, 3.05) is 6.61 Å². The Bertz CT molecular complexity index is 613. The lowest BCUT2D eigenvalue weighted by atomic mass is 10.0. The van der Waals surface area contributed by atoms with Crippen LogP contribution in [0.1, 0.15) is 54.4 Å². The number of carbonyl (C=O) groups is 1. The zero-order chi connectivity index (χ0) is 16.1. The predicted octanol–water partition coefficient (Wildman–Crippen LogP) is 4.63. The monoisotopic (exact) mass is 316 g/mol.